The zero-order chi connectivity index (χ0) is 16.4. The highest BCUT2D eigenvalue weighted by molar-refractivity contribution is 7.16. The Morgan fingerprint density at radius 2 is 2.17 bits per heavy atom. The van der Waals surface area contributed by atoms with Crippen LogP contribution in [0.3, 0.4) is 0 Å². The van der Waals surface area contributed by atoms with Gasteiger partial charge in [0.15, 0.2) is 0 Å². The van der Waals surface area contributed by atoms with E-state index in [-0.39, 0.29) is 18.0 Å². The zero-order valence-electron chi connectivity index (χ0n) is 12.9. The topological polar surface area (TPSA) is 74.9 Å². The van der Waals surface area contributed by atoms with Crippen molar-refractivity contribution in [3.05, 3.63) is 50.3 Å². The van der Waals surface area contributed by atoms with Crippen LogP contribution in [0, 0.1) is 18.3 Å². The van der Waals surface area contributed by atoms with E-state index in [9.17, 15) is 14.9 Å². The SMILES string of the molecule is Cc1ccc(=O)n(CC(=O)Nc2sc3c(c2C#N)CCCC3)c1. The van der Waals surface area contributed by atoms with Crippen molar-refractivity contribution in [1.82, 2.24) is 4.57 Å². The number of carbonyl (C=O) groups is 1. The molecule has 0 bridgehead atoms. The summed E-state index contributed by atoms with van der Waals surface area (Å²) in [4.78, 5) is 25.2. The Labute approximate surface area is 138 Å². The number of hydrogen-bond acceptors (Lipinski definition) is 4. The number of aromatic nitrogens is 1. The maximum atomic E-state index is 12.3. The Kier molecular flexibility index (Phi) is 4.30. The maximum absolute atomic E-state index is 12.3. The van der Waals surface area contributed by atoms with Gasteiger partial charge in [0.1, 0.15) is 17.6 Å². The molecule has 118 valence electrons. The first kappa shape index (κ1) is 15.5. The highest BCUT2D eigenvalue weighted by Crippen LogP contribution is 2.37. The van der Waals surface area contributed by atoms with Gasteiger partial charge in [0.05, 0.1) is 5.56 Å². The molecule has 2 aromatic rings. The van der Waals surface area contributed by atoms with Gasteiger partial charge in [-0.3, -0.25) is 9.59 Å². The fourth-order valence-corrected chi connectivity index (χ4v) is 4.12. The number of nitrogens with one attached hydrogen (secondary N) is 1. The van der Waals surface area contributed by atoms with Crippen LogP contribution in [0.25, 0.3) is 0 Å². The molecule has 6 heteroatoms. The molecule has 1 aliphatic rings. The van der Waals surface area contributed by atoms with E-state index in [1.807, 2.05) is 6.92 Å². The lowest BCUT2D eigenvalue weighted by molar-refractivity contribution is -0.116. The van der Waals surface area contributed by atoms with Crippen molar-refractivity contribution in [1.29, 1.82) is 5.26 Å². The Balaban J connectivity index is 1.81. The van der Waals surface area contributed by atoms with E-state index in [0.29, 0.717) is 10.6 Å². The highest BCUT2D eigenvalue weighted by atomic mass is 32.1. The predicted octanol–water partition coefficient (Wildman–Crippen LogP) is 2.61. The van der Waals surface area contributed by atoms with E-state index in [1.54, 1.807) is 12.3 Å². The molecule has 0 saturated heterocycles. The summed E-state index contributed by atoms with van der Waals surface area (Å²) in [5, 5.41) is 12.8. The molecule has 1 N–H and O–H groups in total. The lowest BCUT2D eigenvalue weighted by atomic mass is 9.96. The van der Waals surface area contributed by atoms with Crippen LogP contribution in [-0.4, -0.2) is 10.5 Å². The van der Waals surface area contributed by atoms with E-state index in [4.69, 9.17) is 0 Å². The molecule has 0 saturated carbocycles. The Morgan fingerprint density at radius 1 is 1.39 bits per heavy atom. The van der Waals surface area contributed by atoms with Crippen LogP contribution >= 0.6 is 11.3 Å². The Morgan fingerprint density at radius 3 is 2.96 bits per heavy atom. The van der Waals surface area contributed by atoms with Gasteiger partial charge in [-0.2, -0.15) is 5.26 Å². The van der Waals surface area contributed by atoms with E-state index in [1.165, 1.54) is 26.8 Å². The second-order valence-electron chi connectivity index (χ2n) is 5.75. The van der Waals surface area contributed by atoms with E-state index < -0.39 is 0 Å². The summed E-state index contributed by atoms with van der Waals surface area (Å²) in [5.41, 5.74) is 2.39. The van der Waals surface area contributed by atoms with Crippen molar-refractivity contribution >= 4 is 22.2 Å². The van der Waals surface area contributed by atoms with Crippen molar-refractivity contribution in [3.8, 4) is 6.07 Å². The van der Waals surface area contributed by atoms with Gasteiger partial charge < -0.3 is 9.88 Å². The molecule has 0 fully saturated rings. The normalized spacial score (nSPS) is 13.2. The van der Waals surface area contributed by atoms with Crippen molar-refractivity contribution in [2.24, 2.45) is 0 Å². The first-order valence-electron chi connectivity index (χ1n) is 7.60. The van der Waals surface area contributed by atoms with Gasteiger partial charge in [-0.1, -0.05) is 6.07 Å². The standard InChI is InChI=1S/C17H17N3O2S/c1-11-6-7-16(22)20(9-11)10-15(21)19-17-13(8-18)12-4-2-3-5-14(12)23-17/h6-7,9H,2-5,10H2,1H3,(H,19,21). The minimum Gasteiger partial charge on any atom is -0.315 e. The molecular weight excluding hydrogens is 310 g/mol. The number of nitrogens with zero attached hydrogens (tertiary/aromatic N) is 2. The molecule has 1 aliphatic carbocycles. The van der Waals surface area contributed by atoms with Gasteiger partial charge in [0.25, 0.3) is 5.56 Å². The predicted molar refractivity (Wildman–Crippen MR) is 89.7 cm³/mol. The third-order valence-electron chi connectivity index (χ3n) is 3.98. The fraction of sp³-hybridized carbons (Fsp3) is 0.353. The summed E-state index contributed by atoms with van der Waals surface area (Å²) in [7, 11) is 0. The largest absolute Gasteiger partial charge is 0.315 e. The summed E-state index contributed by atoms with van der Waals surface area (Å²) in [6.07, 6.45) is 5.76. The molecule has 23 heavy (non-hydrogen) atoms. The van der Waals surface area contributed by atoms with E-state index in [2.05, 4.69) is 11.4 Å². The summed E-state index contributed by atoms with van der Waals surface area (Å²) in [5.74, 6) is -0.284. The van der Waals surface area contributed by atoms with Gasteiger partial charge in [-0.25, -0.2) is 0 Å². The molecular formula is C17H17N3O2S. The number of anilines is 1. The number of pyridine rings is 1. The highest BCUT2D eigenvalue weighted by Gasteiger charge is 2.21. The average molecular weight is 327 g/mol. The summed E-state index contributed by atoms with van der Waals surface area (Å²) >= 11 is 1.49. The summed E-state index contributed by atoms with van der Waals surface area (Å²) in [6.45, 7) is 1.82. The first-order chi connectivity index (χ1) is 11.1. The van der Waals surface area contributed by atoms with E-state index in [0.717, 1.165) is 36.8 Å². The number of amides is 1. The van der Waals surface area contributed by atoms with E-state index >= 15 is 0 Å². The molecule has 5 nitrogen and oxygen atoms in total. The summed E-state index contributed by atoms with van der Waals surface area (Å²) < 4.78 is 1.38. The van der Waals surface area contributed by atoms with Gasteiger partial charge >= 0.3 is 0 Å². The van der Waals surface area contributed by atoms with Crippen molar-refractivity contribution in [3.63, 3.8) is 0 Å². The fourth-order valence-electron chi connectivity index (χ4n) is 2.87. The smallest absolute Gasteiger partial charge is 0.251 e. The summed E-state index contributed by atoms with van der Waals surface area (Å²) in [6, 6.07) is 5.39. The third-order valence-corrected chi connectivity index (χ3v) is 5.19. The van der Waals surface area contributed by atoms with Crippen LogP contribution in [0.5, 0.6) is 0 Å². The molecule has 1 amide bonds. The van der Waals surface area contributed by atoms with Gasteiger partial charge in [0, 0.05) is 17.1 Å². The van der Waals surface area contributed by atoms with Gasteiger partial charge in [-0.15, -0.1) is 11.3 Å². The maximum Gasteiger partial charge on any atom is 0.251 e. The second kappa shape index (κ2) is 6.39. The Bertz CT molecular complexity index is 858. The lowest BCUT2D eigenvalue weighted by Crippen LogP contribution is -2.26. The Hall–Kier alpha value is -2.39. The number of fused-ring (bicyclic) bond motifs is 1. The quantitative estimate of drug-likeness (QED) is 0.941. The molecule has 2 heterocycles. The average Bonchev–Trinajstić information content (AvgIpc) is 2.87. The number of thiophene rings is 1. The third kappa shape index (κ3) is 3.20. The number of hydrogen-bond donors (Lipinski definition) is 1. The second-order valence-corrected chi connectivity index (χ2v) is 6.85. The minimum atomic E-state index is -0.284. The van der Waals surface area contributed by atoms with Crippen LogP contribution < -0.4 is 10.9 Å². The monoisotopic (exact) mass is 327 g/mol. The van der Waals surface area contributed by atoms with Crippen LogP contribution in [-0.2, 0) is 24.2 Å². The minimum absolute atomic E-state index is 0.0477. The molecule has 0 aliphatic heterocycles. The molecule has 2 aromatic heterocycles. The molecule has 0 spiro atoms. The number of nitriles is 1. The zero-order valence-corrected chi connectivity index (χ0v) is 13.7. The van der Waals surface area contributed by atoms with Crippen molar-refractivity contribution in [2.45, 2.75) is 39.2 Å². The van der Waals surface area contributed by atoms with Gasteiger partial charge in [-0.05, 0) is 43.7 Å². The molecule has 0 radical (unpaired) electrons. The van der Waals surface area contributed by atoms with Crippen molar-refractivity contribution in [2.75, 3.05) is 5.32 Å². The van der Waals surface area contributed by atoms with Crippen molar-refractivity contribution < 1.29 is 4.79 Å². The van der Waals surface area contributed by atoms with Crippen LogP contribution in [0.1, 0.15) is 34.4 Å². The lowest BCUT2D eigenvalue weighted by Gasteiger charge is -2.09. The van der Waals surface area contributed by atoms with Crippen LogP contribution in [0.4, 0.5) is 5.00 Å². The number of carbonyl (C=O) groups excluding carboxylic acids is 1. The number of aryl methyl sites for hydroxylation is 2. The molecule has 0 atom stereocenters. The molecule has 0 aromatic carbocycles. The molecule has 0 unspecified atom stereocenters. The van der Waals surface area contributed by atoms with Crippen LogP contribution in [0.15, 0.2) is 23.1 Å². The van der Waals surface area contributed by atoms with Gasteiger partial charge in [0.2, 0.25) is 5.91 Å². The first-order valence-corrected chi connectivity index (χ1v) is 8.41. The van der Waals surface area contributed by atoms with Crippen LogP contribution in [0.2, 0.25) is 0 Å². The number of rotatable bonds is 3. The molecule has 3 rings (SSSR count).